The predicted octanol–water partition coefficient (Wildman–Crippen LogP) is 3.46. The maximum absolute atomic E-state index is 5.94. The molecule has 0 amide bonds. The Morgan fingerprint density at radius 3 is 2.42 bits per heavy atom. The van der Waals surface area contributed by atoms with Crippen molar-refractivity contribution in [1.29, 1.82) is 0 Å². The van der Waals surface area contributed by atoms with Crippen molar-refractivity contribution in [3.63, 3.8) is 0 Å². The van der Waals surface area contributed by atoms with Crippen LogP contribution in [0.5, 0.6) is 0 Å². The molecule has 0 radical (unpaired) electrons. The third-order valence-electron chi connectivity index (χ3n) is 2.04. The third kappa shape index (κ3) is 6.93. The van der Waals surface area contributed by atoms with E-state index in [0.717, 1.165) is 19.4 Å². The van der Waals surface area contributed by atoms with Gasteiger partial charge >= 0.3 is 0 Å². The largest absolute Gasteiger partial charge is 0.385 e. The molecule has 0 aliphatic heterocycles. The molecule has 2 heteroatoms. The van der Waals surface area contributed by atoms with E-state index >= 15 is 0 Å². The fourth-order valence-corrected chi connectivity index (χ4v) is 1.98. The van der Waals surface area contributed by atoms with Gasteiger partial charge in [0.2, 0.25) is 0 Å². The fraction of sp³-hybridized carbons (Fsp3) is 1.00. The summed E-state index contributed by atoms with van der Waals surface area (Å²) in [5.74, 6) is 0. The number of methoxy groups -OCH3 is 1. The van der Waals surface area contributed by atoms with Gasteiger partial charge in [-0.1, -0.05) is 13.8 Å². The highest BCUT2D eigenvalue weighted by atomic mass is 35.5. The normalized spacial score (nSPS) is 14.8. The number of rotatable bonds is 6. The lowest BCUT2D eigenvalue weighted by Gasteiger charge is -2.25. The summed E-state index contributed by atoms with van der Waals surface area (Å²) < 4.78 is 5.01. The van der Waals surface area contributed by atoms with Crippen molar-refractivity contribution in [2.45, 2.75) is 45.4 Å². The second-order valence-electron chi connectivity index (χ2n) is 4.25. The summed E-state index contributed by atoms with van der Waals surface area (Å²) in [5.41, 5.74) is 0.361. The average molecular weight is 193 g/mol. The van der Waals surface area contributed by atoms with Gasteiger partial charge in [-0.15, -0.1) is 11.6 Å². The van der Waals surface area contributed by atoms with Gasteiger partial charge < -0.3 is 4.74 Å². The van der Waals surface area contributed by atoms with Gasteiger partial charge in [0.1, 0.15) is 0 Å². The standard InChI is InChI=1S/C10H21ClO/c1-9(11)8-10(2,3)6-5-7-12-4/h9H,5-8H2,1-4H3. The number of halogens is 1. The molecule has 0 aromatic carbocycles. The first kappa shape index (κ1) is 12.2. The summed E-state index contributed by atoms with van der Waals surface area (Å²) >= 11 is 5.94. The van der Waals surface area contributed by atoms with Crippen molar-refractivity contribution in [3.8, 4) is 0 Å². The van der Waals surface area contributed by atoms with Crippen LogP contribution < -0.4 is 0 Å². The predicted molar refractivity (Wildman–Crippen MR) is 54.8 cm³/mol. The van der Waals surface area contributed by atoms with Crippen LogP contribution in [0.3, 0.4) is 0 Å². The van der Waals surface area contributed by atoms with Crippen molar-refractivity contribution in [3.05, 3.63) is 0 Å². The van der Waals surface area contributed by atoms with E-state index in [1.165, 1.54) is 6.42 Å². The van der Waals surface area contributed by atoms with Gasteiger partial charge in [-0.2, -0.15) is 0 Å². The average Bonchev–Trinajstić information content (AvgIpc) is 1.84. The number of ether oxygens (including phenoxy) is 1. The van der Waals surface area contributed by atoms with Crippen molar-refractivity contribution in [1.82, 2.24) is 0 Å². The summed E-state index contributed by atoms with van der Waals surface area (Å²) in [5, 5.41) is 0.280. The Morgan fingerprint density at radius 2 is 2.00 bits per heavy atom. The maximum atomic E-state index is 5.94. The molecule has 1 nitrogen and oxygen atoms in total. The minimum absolute atomic E-state index is 0.280. The van der Waals surface area contributed by atoms with E-state index in [-0.39, 0.29) is 5.38 Å². The fourth-order valence-electron chi connectivity index (χ4n) is 1.56. The third-order valence-corrected chi connectivity index (χ3v) is 2.19. The summed E-state index contributed by atoms with van der Waals surface area (Å²) in [7, 11) is 1.75. The SMILES string of the molecule is COCCCC(C)(C)CC(C)Cl. The molecule has 0 saturated carbocycles. The highest BCUT2D eigenvalue weighted by Crippen LogP contribution is 2.29. The molecule has 0 saturated heterocycles. The Bertz CT molecular complexity index is 110. The molecule has 0 heterocycles. The summed E-state index contributed by atoms with van der Waals surface area (Å²) in [6.07, 6.45) is 3.41. The van der Waals surface area contributed by atoms with Crippen LogP contribution >= 0.6 is 11.6 Å². The molecule has 0 N–H and O–H groups in total. The first-order chi connectivity index (χ1) is 5.48. The quantitative estimate of drug-likeness (QED) is 0.463. The maximum Gasteiger partial charge on any atom is 0.0462 e. The zero-order chi connectivity index (χ0) is 9.61. The highest BCUT2D eigenvalue weighted by Gasteiger charge is 2.19. The molecule has 0 fully saturated rings. The van der Waals surface area contributed by atoms with Crippen LogP contribution in [0.25, 0.3) is 0 Å². The first-order valence-electron chi connectivity index (χ1n) is 4.61. The van der Waals surface area contributed by atoms with Gasteiger partial charge in [0.05, 0.1) is 0 Å². The van der Waals surface area contributed by atoms with E-state index in [1.807, 2.05) is 0 Å². The number of hydrogen-bond acceptors (Lipinski definition) is 1. The van der Waals surface area contributed by atoms with Gasteiger partial charge in [0.25, 0.3) is 0 Å². The lowest BCUT2D eigenvalue weighted by atomic mass is 9.83. The summed E-state index contributed by atoms with van der Waals surface area (Å²) in [6, 6.07) is 0. The van der Waals surface area contributed by atoms with Crippen LogP contribution in [-0.4, -0.2) is 19.1 Å². The van der Waals surface area contributed by atoms with Gasteiger partial charge in [-0.25, -0.2) is 0 Å². The molecule has 0 aliphatic carbocycles. The van der Waals surface area contributed by atoms with E-state index in [0.29, 0.717) is 5.41 Å². The van der Waals surface area contributed by atoms with Crippen molar-refractivity contribution < 1.29 is 4.74 Å². The molecular formula is C10H21ClO. The zero-order valence-corrected chi connectivity index (χ0v) is 9.45. The molecule has 0 aliphatic rings. The Hall–Kier alpha value is 0.250. The molecular weight excluding hydrogens is 172 g/mol. The van der Waals surface area contributed by atoms with Gasteiger partial charge in [0.15, 0.2) is 0 Å². The highest BCUT2D eigenvalue weighted by molar-refractivity contribution is 6.20. The Labute approximate surface area is 81.4 Å². The number of alkyl halides is 1. The van der Waals surface area contributed by atoms with Crippen LogP contribution in [0.15, 0.2) is 0 Å². The van der Waals surface area contributed by atoms with E-state index in [1.54, 1.807) is 7.11 Å². The second kappa shape index (κ2) is 5.82. The van der Waals surface area contributed by atoms with Gasteiger partial charge in [-0.05, 0) is 31.6 Å². The van der Waals surface area contributed by atoms with Crippen LogP contribution in [0.4, 0.5) is 0 Å². The Morgan fingerprint density at radius 1 is 1.42 bits per heavy atom. The second-order valence-corrected chi connectivity index (χ2v) is 4.99. The molecule has 12 heavy (non-hydrogen) atoms. The summed E-state index contributed by atoms with van der Waals surface area (Å²) in [6.45, 7) is 7.45. The van der Waals surface area contributed by atoms with Gasteiger partial charge in [-0.3, -0.25) is 0 Å². The van der Waals surface area contributed by atoms with E-state index in [9.17, 15) is 0 Å². The van der Waals surface area contributed by atoms with Crippen LogP contribution in [0.1, 0.15) is 40.0 Å². The smallest absolute Gasteiger partial charge is 0.0462 e. The van der Waals surface area contributed by atoms with Crippen molar-refractivity contribution in [2.75, 3.05) is 13.7 Å². The lowest BCUT2D eigenvalue weighted by molar-refractivity contribution is 0.172. The molecule has 1 atom stereocenters. The topological polar surface area (TPSA) is 9.23 Å². The first-order valence-corrected chi connectivity index (χ1v) is 5.04. The van der Waals surface area contributed by atoms with Crippen LogP contribution in [0.2, 0.25) is 0 Å². The lowest BCUT2D eigenvalue weighted by Crippen LogP contribution is -2.16. The van der Waals surface area contributed by atoms with Crippen molar-refractivity contribution in [2.24, 2.45) is 5.41 Å². The van der Waals surface area contributed by atoms with E-state index < -0.39 is 0 Å². The molecule has 0 aromatic heterocycles. The Kier molecular flexibility index (Phi) is 5.94. The van der Waals surface area contributed by atoms with Crippen LogP contribution in [0, 0.1) is 5.41 Å². The molecule has 0 spiro atoms. The number of hydrogen-bond donors (Lipinski definition) is 0. The minimum atomic E-state index is 0.280. The van der Waals surface area contributed by atoms with Crippen LogP contribution in [-0.2, 0) is 4.74 Å². The van der Waals surface area contributed by atoms with E-state index in [4.69, 9.17) is 16.3 Å². The molecule has 0 rings (SSSR count). The molecule has 1 unspecified atom stereocenters. The molecule has 74 valence electrons. The van der Waals surface area contributed by atoms with Gasteiger partial charge in [0, 0.05) is 19.1 Å². The molecule has 0 aromatic rings. The zero-order valence-electron chi connectivity index (χ0n) is 8.69. The monoisotopic (exact) mass is 192 g/mol. The van der Waals surface area contributed by atoms with Crippen molar-refractivity contribution >= 4 is 11.6 Å². The summed E-state index contributed by atoms with van der Waals surface area (Å²) in [4.78, 5) is 0. The Balaban J connectivity index is 3.56. The minimum Gasteiger partial charge on any atom is -0.385 e. The molecule has 0 bridgehead atoms. The van der Waals surface area contributed by atoms with E-state index in [2.05, 4.69) is 20.8 Å².